The lowest BCUT2D eigenvalue weighted by Gasteiger charge is -2.30. The Balaban J connectivity index is 2.12. The van der Waals surface area contributed by atoms with E-state index in [9.17, 15) is 14.7 Å². The number of likely N-dealkylation sites (tertiary alicyclic amines) is 1. The van der Waals surface area contributed by atoms with Crippen LogP contribution in [0.5, 0.6) is 0 Å². The number of carbonyl (C=O) groups is 2. The first-order valence-corrected chi connectivity index (χ1v) is 7.11. The Hall–Kier alpha value is -1.33. The molecule has 2 heterocycles. The van der Waals surface area contributed by atoms with E-state index in [4.69, 9.17) is 11.6 Å². The first kappa shape index (κ1) is 14.1. The number of halogens is 1. The Labute approximate surface area is 120 Å². The van der Waals surface area contributed by atoms with Crippen molar-refractivity contribution in [2.24, 2.45) is 0 Å². The number of carboxylic acids is 1. The van der Waals surface area contributed by atoms with Crippen LogP contribution in [-0.2, 0) is 9.59 Å². The van der Waals surface area contributed by atoms with Crippen LogP contribution in [0.15, 0.2) is 18.2 Å². The van der Waals surface area contributed by atoms with Crippen LogP contribution in [0.2, 0.25) is 4.34 Å². The molecule has 0 aliphatic carbocycles. The van der Waals surface area contributed by atoms with Gasteiger partial charge in [-0.3, -0.25) is 4.79 Å². The van der Waals surface area contributed by atoms with Crippen molar-refractivity contribution in [1.29, 1.82) is 0 Å². The molecule has 1 saturated heterocycles. The molecule has 1 amide bonds. The monoisotopic (exact) mass is 299 g/mol. The zero-order chi connectivity index (χ0) is 14.0. The SMILES string of the molecule is CC1(C(=O)O)CCCN1C(=O)C=Cc1ccc(Cl)s1. The first-order chi connectivity index (χ1) is 8.93. The summed E-state index contributed by atoms with van der Waals surface area (Å²) in [4.78, 5) is 25.7. The minimum absolute atomic E-state index is 0.271. The van der Waals surface area contributed by atoms with E-state index in [2.05, 4.69) is 0 Å². The summed E-state index contributed by atoms with van der Waals surface area (Å²) in [5, 5.41) is 9.25. The zero-order valence-electron chi connectivity index (χ0n) is 10.4. The van der Waals surface area contributed by atoms with Crippen molar-refractivity contribution in [3.63, 3.8) is 0 Å². The molecule has 0 spiro atoms. The van der Waals surface area contributed by atoms with Crippen LogP contribution in [0, 0.1) is 0 Å². The molecule has 0 aromatic carbocycles. The molecule has 1 N–H and O–H groups in total. The normalized spacial score (nSPS) is 23.2. The van der Waals surface area contributed by atoms with Crippen LogP contribution in [0.3, 0.4) is 0 Å². The first-order valence-electron chi connectivity index (χ1n) is 5.92. The maximum atomic E-state index is 12.1. The lowest BCUT2D eigenvalue weighted by atomic mass is 9.99. The minimum atomic E-state index is -1.09. The van der Waals surface area contributed by atoms with Crippen molar-refractivity contribution >= 4 is 40.9 Å². The van der Waals surface area contributed by atoms with Gasteiger partial charge in [-0.2, -0.15) is 0 Å². The third-order valence-corrected chi connectivity index (χ3v) is 4.55. The maximum Gasteiger partial charge on any atom is 0.329 e. The zero-order valence-corrected chi connectivity index (χ0v) is 12.0. The van der Waals surface area contributed by atoms with Gasteiger partial charge in [0, 0.05) is 17.5 Å². The van der Waals surface area contributed by atoms with E-state index in [0.29, 0.717) is 23.7 Å². The number of hydrogen-bond acceptors (Lipinski definition) is 3. The molecule has 1 aliphatic rings. The standard InChI is InChI=1S/C13H14ClNO3S/c1-13(12(17)18)7-2-8-15(13)11(16)6-4-9-3-5-10(14)19-9/h3-6H,2,7-8H2,1H3,(H,17,18). The smallest absolute Gasteiger partial charge is 0.329 e. The Bertz CT molecular complexity index is 540. The molecule has 2 rings (SSSR count). The molecule has 6 heteroatoms. The van der Waals surface area contributed by atoms with E-state index < -0.39 is 11.5 Å². The second-order valence-corrected chi connectivity index (χ2v) is 6.39. The van der Waals surface area contributed by atoms with Gasteiger partial charge in [0.25, 0.3) is 0 Å². The molecule has 1 aromatic heterocycles. The lowest BCUT2D eigenvalue weighted by Crippen LogP contribution is -2.50. The van der Waals surface area contributed by atoms with Gasteiger partial charge in [-0.15, -0.1) is 11.3 Å². The highest BCUT2D eigenvalue weighted by atomic mass is 35.5. The van der Waals surface area contributed by atoms with Crippen LogP contribution in [0.1, 0.15) is 24.6 Å². The van der Waals surface area contributed by atoms with Crippen molar-refractivity contribution in [2.75, 3.05) is 6.54 Å². The Morgan fingerprint density at radius 1 is 1.53 bits per heavy atom. The third-order valence-electron chi connectivity index (χ3n) is 3.35. The van der Waals surface area contributed by atoms with E-state index in [1.165, 1.54) is 22.3 Å². The van der Waals surface area contributed by atoms with E-state index in [1.807, 2.05) is 6.07 Å². The average Bonchev–Trinajstić information content (AvgIpc) is 2.93. The van der Waals surface area contributed by atoms with Crippen molar-refractivity contribution in [1.82, 2.24) is 4.90 Å². The quantitative estimate of drug-likeness (QED) is 0.873. The second kappa shape index (κ2) is 5.35. The summed E-state index contributed by atoms with van der Waals surface area (Å²) in [5.74, 6) is -1.22. The van der Waals surface area contributed by atoms with Crippen molar-refractivity contribution in [3.05, 3.63) is 27.4 Å². The molecule has 0 bridgehead atoms. The number of aliphatic carboxylic acids is 1. The third kappa shape index (κ3) is 2.82. The Morgan fingerprint density at radius 3 is 2.84 bits per heavy atom. The Morgan fingerprint density at radius 2 is 2.26 bits per heavy atom. The lowest BCUT2D eigenvalue weighted by molar-refractivity contribution is -0.153. The summed E-state index contributed by atoms with van der Waals surface area (Å²) in [6, 6.07) is 3.57. The van der Waals surface area contributed by atoms with Crippen LogP contribution in [0.25, 0.3) is 6.08 Å². The van der Waals surface area contributed by atoms with Gasteiger partial charge in [0.15, 0.2) is 0 Å². The molecular formula is C13H14ClNO3S. The van der Waals surface area contributed by atoms with E-state index in [-0.39, 0.29) is 5.91 Å². The highest BCUT2D eigenvalue weighted by molar-refractivity contribution is 7.17. The molecule has 0 radical (unpaired) electrons. The summed E-state index contributed by atoms with van der Waals surface area (Å²) in [5.41, 5.74) is -1.09. The fourth-order valence-electron chi connectivity index (χ4n) is 2.20. The fraction of sp³-hybridized carbons (Fsp3) is 0.385. The van der Waals surface area contributed by atoms with E-state index in [1.54, 1.807) is 19.1 Å². The molecule has 1 atom stereocenters. The predicted octanol–water partition coefficient (Wildman–Crippen LogP) is 2.88. The minimum Gasteiger partial charge on any atom is -0.480 e. The van der Waals surface area contributed by atoms with E-state index in [0.717, 1.165) is 4.88 Å². The topological polar surface area (TPSA) is 57.6 Å². The van der Waals surface area contributed by atoms with Crippen molar-refractivity contribution in [3.8, 4) is 0 Å². The summed E-state index contributed by atoms with van der Waals surface area (Å²) in [7, 11) is 0. The van der Waals surface area contributed by atoms with E-state index >= 15 is 0 Å². The molecule has 1 fully saturated rings. The number of amides is 1. The number of rotatable bonds is 3. The molecule has 4 nitrogen and oxygen atoms in total. The maximum absolute atomic E-state index is 12.1. The van der Waals surface area contributed by atoms with Crippen molar-refractivity contribution in [2.45, 2.75) is 25.3 Å². The second-order valence-electron chi connectivity index (χ2n) is 4.65. The fourth-order valence-corrected chi connectivity index (χ4v) is 3.16. The average molecular weight is 300 g/mol. The molecule has 1 unspecified atom stereocenters. The van der Waals surface area contributed by atoms with Gasteiger partial charge < -0.3 is 10.0 Å². The molecule has 1 aliphatic heterocycles. The van der Waals surface area contributed by atoms with Crippen LogP contribution in [0.4, 0.5) is 0 Å². The number of carbonyl (C=O) groups excluding carboxylic acids is 1. The predicted molar refractivity (Wildman–Crippen MR) is 75.4 cm³/mol. The number of hydrogen-bond donors (Lipinski definition) is 1. The molecule has 0 saturated carbocycles. The van der Waals surface area contributed by atoms with Crippen LogP contribution in [-0.4, -0.2) is 34.0 Å². The molecule has 102 valence electrons. The highest BCUT2D eigenvalue weighted by Crippen LogP contribution is 2.30. The van der Waals surface area contributed by atoms with Crippen LogP contribution < -0.4 is 0 Å². The Kier molecular flexibility index (Phi) is 3.96. The molecule has 1 aromatic rings. The summed E-state index contributed by atoms with van der Waals surface area (Å²) >= 11 is 7.17. The van der Waals surface area contributed by atoms with Gasteiger partial charge in [0.2, 0.25) is 5.91 Å². The molecule has 19 heavy (non-hydrogen) atoms. The van der Waals surface area contributed by atoms with Crippen LogP contribution >= 0.6 is 22.9 Å². The largest absolute Gasteiger partial charge is 0.480 e. The van der Waals surface area contributed by atoms with Crippen molar-refractivity contribution < 1.29 is 14.7 Å². The van der Waals surface area contributed by atoms with Gasteiger partial charge in [0.05, 0.1) is 4.34 Å². The number of nitrogens with zero attached hydrogens (tertiary/aromatic N) is 1. The van der Waals surface area contributed by atoms with Gasteiger partial charge in [-0.25, -0.2) is 4.79 Å². The number of carboxylic acid groups (broad SMARTS) is 1. The van der Waals surface area contributed by atoms with Gasteiger partial charge in [0.1, 0.15) is 5.54 Å². The van der Waals surface area contributed by atoms with Gasteiger partial charge in [-0.05, 0) is 38.0 Å². The molecular weight excluding hydrogens is 286 g/mol. The van der Waals surface area contributed by atoms with Gasteiger partial charge in [-0.1, -0.05) is 11.6 Å². The summed E-state index contributed by atoms with van der Waals surface area (Å²) < 4.78 is 0.656. The summed E-state index contributed by atoms with van der Waals surface area (Å²) in [6.45, 7) is 2.08. The van der Waals surface area contributed by atoms with Gasteiger partial charge >= 0.3 is 5.97 Å². The highest BCUT2D eigenvalue weighted by Gasteiger charge is 2.45. The number of thiophene rings is 1. The summed E-state index contributed by atoms with van der Waals surface area (Å²) in [6.07, 6.45) is 4.29.